The molecule has 70 valence electrons. The van der Waals surface area contributed by atoms with E-state index in [9.17, 15) is 0 Å². The first-order valence-corrected chi connectivity index (χ1v) is 4.73. The van der Waals surface area contributed by atoms with Crippen LogP contribution in [0.2, 0.25) is 0 Å². The molecule has 1 nitrogen and oxygen atoms in total. The monoisotopic (exact) mass is 175 g/mol. The zero-order valence-electron chi connectivity index (χ0n) is 8.62. The molecule has 1 rings (SSSR count). The fourth-order valence-corrected chi connectivity index (χ4v) is 1.24. The molecule has 1 heteroatoms. The van der Waals surface area contributed by atoms with E-state index in [1.165, 1.54) is 11.1 Å². The lowest BCUT2D eigenvalue weighted by molar-refractivity contribution is 0.774. The van der Waals surface area contributed by atoms with Gasteiger partial charge in [-0.15, -0.1) is 0 Å². The molecule has 0 aliphatic rings. The van der Waals surface area contributed by atoms with Crippen LogP contribution < -0.4 is 0 Å². The minimum Gasteiger partial charge on any atom is -0.265 e. The molecule has 0 bridgehead atoms. The van der Waals surface area contributed by atoms with Crippen molar-refractivity contribution in [1.82, 2.24) is 4.98 Å². The first-order valence-electron chi connectivity index (χ1n) is 4.73. The fourth-order valence-electron chi connectivity index (χ4n) is 1.24. The summed E-state index contributed by atoms with van der Waals surface area (Å²) in [5.41, 5.74) is 2.76. The van der Waals surface area contributed by atoms with Gasteiger partial charge < -0.3 is 0 Å². The average Bonchev–Trinajstić information content (AvgIpc) is 2.15. The quantitative estimate of drug-likeness (QED) is 0.640. The van der Waals surface area contributed by atoms with Crippen LogP contribution in [0.15, 0.2) is 36.2 Å². The summed E-state index contributed by atoms with van der Waals surface area (Å²) in [5.74, 6) is 0.595. The molecular formula is C12H17N. The first-order chi connectivity index (χ1) is 6.20. The first kappa shape index (κ1) is 9.97. The van der Waals surface area contributed by atoms with Gasteiger partial charge in [0.05, 0.1) is 0 Å². The van der Waals surface area contributed by atoms with Crippen molar-refractivity contribution in [1.29, 1.82) is 0 Å². The van der Waals surface area contributed by atoms with E-state index in [0.29, 0.717) is 5.92 Å². The van der Waals surface area contributed by atoms with Crippen molar-refractivity contribution in [2.45, 2.75) is 33.1 Å². The molecule has 0 spiro atoms. The van der Waals surface area contributed by atoms with Gasteiger partial charge in [-0.05, 0) is 43.9 Å². The molecule has 0 N–H and O–H groups in total. The van der Waals surface area contributed by atoms with E-state index in [4.69, 9.17) is 0 Å². The van der Waals surface area contributed by atoms with Crippen molar-refractivity contribution in [3.63, 3.8) is 0 Å². The summed E-state index contributed by atoms with van der Waals surface area (Å²) in [6, 6.07) is 4.17. The number of hydrogen-bond donors (Lipinski definition) is 0. The van der Waals surface area contributed by atoms with Crippen LogP contribution in [0.5, 0.6) is 0 Å². The molecule has 0 fully saturated rings. The zero-order valence-corrected chi connectivity index (χ0v) is 8.62. The highest BCUT2D eigenvalue weighted by atomic mass is 14.6. The van der Waals surface area contributed by atoms with Crippen LogP contribution in [0.1, 0.15) is 38.7 Å². The van der Waals surface area contributed by atoms with Gasteiger partial charge in [0, 0.05) is 12.4 Å². The molecule has 1 heterocycles. The van der Waals surface area contributed by atoms with Crippen molar-refractivity contribution >= 4 is 0 Å². The third-order valence-corrected chi connectivity index (χ3v) is 2.15. The maximum Gasteiger partial charge on any atom is 0.0270 e. The second kappa shape index (κ2) is 4.80. The minimum absolute atomic E-state index is 0.595. The van der Waals surface area contributed by atoms with Crippen molar-refractivity contribution in [2.75, 3.05) is 0 Å². The fraction of sp³-hybridized carbons (Fsp3) is 0.417. The molecule has 1 aromatic heterocycles. The van der Waals surface area contributed by atoms with Crippen LogP contribution in [-0.4, -0.2) is 4.98 Å². The summed E-state index contributed by atoms with van der Waals surface area (Å²) in [6.07, 6.45) is 7.11. The maximum atomic E-state index is 4.01. The molecule has 0 saturated heterocycles. The van der Waals surface area contributed by atoms with E-state index in [0.717, 1.165) is 6.42 Å². The van der Waals surface area contributed by atoms with E-state index < -0.39 is 0 Å². The Labute approximate surface area is 80.5 Å². The molecule has 0 saturated carbocycles. The predicted octanol–water partition coefficient (Wildman–Crippen LogP) is 3.54. The van der Waals surface area contributed by atoms with Crippen LogP contribution in [-0.2, 0) is 0 Å². The normalized spacial score (nSPS) is 12.2. The molecular weight excluding hydrogens is 158 g/mol. The molecule has 13 heavy (non-hydrogen) atoms. The number of rotatable bonds is 3. The number of pyridine rings is 1. The van der Waals surface area contributed by atoms with Crippen molar-refractivity contribution in [3.05, 3.63) is 41.7 Å². The zero-order chi connectivity index (χ0) is 9.68. The van der Waals surface area contributed by atoms with Crippen LogP contribution in [0.3, 0.4) is 0 Å². The third-order valence-electron chi connectivity index (χ3n) is 2.15. The Balaban J connectivity index is 2.59. The third kappa shape index (κ3) is 3.41. The number of aromatic nitrogens is 1. The summed E-state index contributed by atoms with van der Waals surface area (Å²) < 4.78 is 0. The Morgan fingerprint density at radius 1 is 1.38 bits per heavy atom. The van der Waals surface area contributed by atoms with Gasteiger partial charge in [-0.2, -0.15) is 0 Å². The topological polar surface area (TPSA) is 12.9 Å². The molecule has 1 aromatic rings. The standard InChI is InChI=1S/C12H17N/c1-10(2)4-5-11(3)12-6-8-13-9-7-12/h4,6-9,11H,5H2,1-3H3. The molecule has 1 unspecified atom stereocenters. The van der Waals surface area contributed by atoms with Gasteiger partial charge in [0.25, 0.3) is 0 Å². The van der Waals surface area contributed by atoms with Crippen LogP contribution in [0.25, 0.3) is 0 Å². The maximum absolute atomic E-state index is 4.01. The second-order valence-corrected chi connectivity index (χ2v) is 3.70. The SMILES string of the molecule is CC(C)=CCC(C)c1ccncc1. The molecule has 0 amide bonds. The van der Waals surface area contributed by atoms with Gasteiger partial charge in [0.1, 0.15) is 0 Å². The highest BCUT2D eigenvalue weighted by Crippen LogP contribution is 2.18. The Hall–Kier alpha value is -1.11. The summed E-state index contributed by atoms with van der Waals surface area (Å²) in [7, 11) is 0. The molecule has 1 atom stereocenters. The van der Waals surface area contributed by atoms with Crippen molar-refractivity contribution in [2.24, 2.45) is 0 Å². The van der Waals surface area contributed by atoms with E-state index in [2.05, 4.69) is 44.0 Å². The van der Waals surface area contributed by atoms with Gasteiger partial charge in [-0.25, -0.2) is 0 Å². The molecule has 0 aromatic carbocycles. The smallest absolute Gasteiger partial charge is 0.0270 e. The van der Waals surface area contributed by atoms with Gasteiger partial charge in [-0.3, -0.25) is 4.98 Å². The van der Waals surface area contributed by atoms with Gasteiger partial charge in [-0.1, -0.05) is 18.6 Å². The number of nitrogens with zero attached hydrogens (tertiary/aromatic N) is 1. The molecule has 0 aliphatic heterocycles. The molecule has 0 aliphatic carbocycles. The van der Waals surface area contributed by atoms with Crippen LogP contribution in [0.4, 0.5) is 0 Å². The Morgan fingerprint density at radius 3 is 2.54 bits per heavy atom. The predicted molar refractivity (Wildman–Crippen MR) is 56.7 cm³/mol. The largest absolute Gasteiger partial charge is 0.265 e. The summed E-state index contributed by atoms with van der Waals surface area (Å²) in [6.45, 7) is 6.52. The lowest BCUT2D eigenvalue weighted by Gasteiger charge is -2.08. The van der Waals surface area contributed by atoms with Crippen LogP contribution in [0, 0.1) is 0 Å². The van der Waals surface area contributed by atoms with E-state index in [-0.39, 0.29) is 0 Å². The highest BCUT2D eigenvalue weighted by molar-refractivity contribution is 5.16. The van der Waals surface area contributed by atoms with Crippen LogP contribution >= 0.6 is 0 Å². The molecule has 0 radical (unpaired) electrons. The Morgan fingerprint density at radius 2 is 2.00 bits per heavy atom. The van der Waals surface area contributed by atoms with Gasteiger partial charge in [0.2, 0.25) is 0 Å². The minimum atomic E-state index is 0.595. The Kier molecular flexibility index (Phi) is 3.69. The van der Waals surface area contributed by atoms with Crippen molar-refractivity contribution < 1.29 is 0 Å². The number of allylic oxidation sites excluding steroid dienone is 2. The second-order valence-electron chi connectivity index (χ2n) is 3.70. The highest BCUT2D eigenvalue weighted by Gasteiger charge is 2.01. The van der Waals surface area contributed by atoms with E-state index in [1.807, 2.05) is 12.4 Å². The lowest BCUT2D eigenvalue weighted by Crippen LogP contribution is -1.91. The van der Waals surface area contributed by atoms with Crippen molar-refractivity contribution in [3.8, 4) is 0 Å². The summed E-state index contributed by atoms with van der Waals surface area (Å²) in [5, 5.41) is 0. The van der Waals surface area contributed by atoms with E-state index >= 15 is 0 Å². The van der Waals surface area contributed by atoms with E-state index in [1.54, 1.807) is 0 Å². The summed E-state index contributed by atoms with van der Waals surface area (Å²) in [4.78, 5) is 4.01. The van der Waals surface area contributed by atoms with Gasteiger partial charge >= 0.3 is 0 Å². The lowest BCUT2D eigenvalue weighted by atomic mass is 9.98. The number of hydrogen-bond acceptors (Lipinski definition) is 1. The summed E-state index contributed by atoms with van der Waals surface area (Å²) >= 11 is 0. The van der Waals surface area contributed by atoms with Gasteiger partial charge in [0.15, 0.2) is 0 Å². The Bertz CT molecular complexity index is 270. The average molecular weight is 175 g/mol.